The largest absolute Gasteiger partial charge is 0.494 e. The smallest absolute Gasteiger partial charge is 0.338 e. The van der Waals surface area contributed by atoms with Crippen LogP contribution in [0.3, 0.4) is 0 Å². The lowest BCUT2D eigenvalue weighted by Crippen LogP contribution is -2.50. The van der Waals surface area contributed by atoms with Crippen LogP contribution in [0.15, 0.2) is 58.3 Å². The Balaban J connectivity index is 1.72. The average molecular weight is 483 g/mol. The lowest BCUT2D eigenvalue weighted by atomic mass is 10.2. The van der Waals surface area contributed by atoms with Gasteiger partial charge in [0.1, 0.15) is 5.75 Å². The Kier molecular flexibility index (Phi) is 7.55. The predicted molar refractivity (Wildman–Crippen MR) is 118 cm³/mol. The summed E-state index contributed by atoms with van der Waals surface area (Å²) in [6.45, 7) is 4.21. The first-order chi connectivity index (χ1) is 15.2. The van der Waals surface area contributed by atoms with Gasteiger partial charge in [0.25, 0.3) is 0 Å². The molecular formula is C21H26N2O7S2. The lowest BCUT2D eigenvalue weighted by molar-refractivity contribution is 0.0526. The molecule has 0 atom stereocenters. The number of hydrogen-bond acceptors (Lipinski definition) is 7. The highest BCUT2D eigenvalue weighted by molar-refractivity contribution is 7.89. The van der Waals surface area contributed by atoms with Gasteiger partial charge in [-0.3, -0.25) is 0 Å². The van der Waals surface area contributed by atoms with Gasteiger partial charge in [-0.2, -0.15) is 8.61 Å². The van der Waals surface area contributed by atoms with Crippen molar-refractivity contribution < 1.29 is 31.1 Å². The third-order valence-corrected chi connectivity index (χ3v) is 8.76. The zero-order chi connectivity index (χ0) is 23.4. The van der Waals surface area contributed by atoms with Gasteiger partial charge in [0.2, 0.25) is 20.0 Å². The summed E-state index contributed by atoms with van der Waals surface area (Å²) in [5.74, 6) is -0.0248. The molecule has 1 heterocycles. The van der Waals surface area contributed by atoms with Gasteiger partial charge in [-0.1, -0.05) is 6.07 Å². The summed E-state index contributed by atoms with van der Waals surface area (Å²) in [4.78, 5) is 12.0. The van der Waals surface area contributed by atoms with Crippen LogP contribution in [0.2, 0.25) is 0 Å². The minimum Gasteiger partial charge on any atom is -0.494 e. The summed E-state index contributed by atoms with van der Waals surface area (Å²) in [6.07, 6.45) is 0. The quantitative estimate of drug-likeness (QED) is 0.529. The molecule has 1 fully saturated rings. The fourth-order valence-corrected chi connectivity index (χ4v) is 6.21. The number of benzene rings is 2. The lowest BCUT2D eigenvalue weighted by Gasteiger charge is -2.33. The van der Waals surface area contributed by atoms with E-state index < -0.39 is 26.0 Å². The Morgan fingerprint density at radius 1 is 0.812 bits per heavy atom. The Morgan fingerprint density at radius 2 is 1.38 bits per heavy atom. The minimum absolute atomic E-state index is 0.00221. The van der Waals surface area contributed by atoms with E-state index in [1.54, 1.807) is 19.1 Å². The zero-order valence-corrected chi connectivity index (χ0v) is 19.6. The van der Waals surface area contributed by atoms with Crippen LogP contribution in [0.25, 0.3) is 0 Å². The zero-order valence-electron chi connectivity index (χ0n) is 17.9. The second kappa shape index (κ2) is 9.99. The van der Waals surface area contributed by atoms with Crippen molar-refractivity contribution in [2.75, 3.05) is 39.4 Å². The molecule has 32 heavy (non-hydrogen) atoms. The first-order valence-electron chi connectivity index (χ1n) is 10.2. The maximum atomic E-state index is 13.0. The number of carbonyl (C=O) groups is 1. The highest BCUT2D eigenvalue weighted by Crippen LogP contribution is 2.24. The van der Waals surface area contributed by atoms with Gasteiger partial charge in [0.05, 0.1) is 28.6 Å². The number of hydrogen-bond donors (Lipinski definition) is 0. The molecular weight excluding hydrogens is 456 g/mol. The standard InChI is InChI=1S/C21H26N2O7S2/c1-3-29-18-8-10-19(11-9-18)31(25,26)22-12-14-23(15-13-22)32(27,28)20-7-5-6-17(16-20)21(24)30-4-2/h5-11,16H,3-4,12-15H2,1-2H3. The van der Waals surface area contributed by atoms with E-state index in [1.165, 1.54) is 45.0 Å². The van der Waals surface area contributed by atoms with Crippen LogP contribution in [0.1, 0.15) is 24.2 Å². The van der Waals surface area contributed by atoms with Gasteiger partial charge < -0.3 is 9.47 Å². The normalized spacial score (nSPS) is 15.9. The van der Waals surface area contributed by atoms with Crippen LogP contribution in [0, 0.1) is 0 Å². The molecule has 2 aromatic rings. The van der Waals surface area contributed by atoms with E-state index in [4.69, 9.17) is 9.47 Å². The molecule has 0 amide bonds. The summed E-state index contributed by atoms with van der Waals surface area (Å²) in [6, 6.07) is 11.8. The second-order valence-electron chi connectivity index (χ2n) is 6.96. The van der Waals surface area contributed by atoms with Crippen molar-refractivity contribution in [2.45, 2.75) is 23.6 Å². The summed E-state index contributed by atoms with van der Waals surface area (Å²) < 4.78 is 64.7. The number of esters is 1. The second-order valence-corrected chi connectivity index (χ2v) is 10.8. The minimum atomic E-state index is -3.89. The summed E-state index contributed by atoms with van der Waals surface area (Å²) >= 11 is 0. The number of ether oxygens (including phenoxy) is 2. The van der Waals surface area contributed by atoms with Crippen LogP contribution < -0.4 is 4.74 Å². The van der Waals surface area contributed by atoms with Gasteiger partial charge in [-0.15, -0.1) is 0 Å². The molecule has 1 aliphatic heterocycles. The molecule has 0 unspecified atom stereocenters. The van der Waals surface area contributed by atoms with E-state index in [0.717, 1.165) is 0 Å². The maximum Gasteiger partial charge on any atom is 0.338 e. The molecule has 1 saturated heterocycles. The molecule has 174 valence electrons. The van der Waals surface area contributed by atoms with Crippen molar-refractivity contribution in [3.63, 3.8) is 0 Å². The molecule has 0 aliphatic carbocycles. The molecule has 0 saturated carbocycles. The topological polar surface area (TPSA) is 110 Å². The number of piperazine rings is 1. The van der Waals surface area contributed by atoms with E-state index >= 15 is 0 Å². The number of sulfonamides is 2. The third kappa shape index (κ3) is 5.12. The number of nitrogens with zero attached hydrogens (tertiary/aromatic N) is 2. The molecule has 9 nitrogen and oxygen atoms in total. The van der Waals surface area contributed by atoms with E-state index in [9.17, 15) is 21.6 Å². The molecule has 0 N–H and O–H groups in total. The fraction of sp³-hybridized carbons (Fsp3) is 0.381. The van der Waals surface area contributed by atoms with Crippen LogP contribution in [-0.2, 0) is 24.8 Å². The average Bonchev–Trinajstić information content (AvgIpc) is 2.80. The number of carbonyl (C=O) groups excluding carboxylic acids is 1. The van der Waals surface area contributed by atoms with Crippen molar-refractivity contribution in [1.82, 2.24) is 8.61 Å². The van der Waals surface area contributed by atoms with E-state index in [2.05, 4.69) is 0 Å². The molecule has 1 aliphatic rings. The monoisotopic (exact) mass is 482 g/mol. The van der Waals surface area contributed by atoms with Crippen LogP contribution >= 0.6 is 0 Å². The summed E-state index contributed by atoms with van der Waals surface area (Å²) in [5, 5.41) is 0. The van der Waals surface area contributed by atoms with Crippen LogP contribution in [0.5, 0.6) is 5.75 Å². The highest BCUT2D eigenvalue weighted by atomic mass is 32.2. The Bertz CT molecular complexity index is 1150. The van der Waals surface area contributed by atoms with Crippen molar-refractivity contribution in [1.29, 1.82) is 0 Å². The number of rotatable bonds is 8. The van der Waals surface area contributed by atoms with E-state index in [0.29, 0.717) is 12.4 Å². The molecule has 0 spiro atoms. The fourth-order valence-electron chi connectivity index (χ4n) is 3.32. The summed E-state index contributed by atoms with van der Waals surface area (Å²) in [5.41, 5.74) is 0.143. The van der Waals surface area contributed by atoms with Crippen LogP contribution in [0.4, 0.5) is 0 Å². The molecule has 0 bridgehead atoms. The van der Waals surface area contributed by atoms with Gasteiger partial charge in [-0.05, 0) is 56.3 Å². The van der Waals surface area contributed by atoms with Gasteiger partial charge in [0, 0.05) is 26.2 Å². The molecule has 3 rings (SSSR count). The summed E-state index contributed by atoms with van der Waals surface area (Å²) in [7, 11) is -7.65. The predicted octanol–water partition coefficient (Wildman–Crippen LogP) is 1.96. The highest BCUT2D eigenvalue weighted by Gasteiger charge is 2.34. The van der Waals surface area contributed by atoms with Gasteiger partial charge >= 0.3 is 5.97 Å². The SMILES string of the molecule is CCOC(=O)c1cccc(S(=O)(=O)N2CCN(S(=O)(=O)c3ccc(OCC)cc3)CC2)c1. The first kappa shape index (κ1) is 24.2. The van der Waals surface area contributed by atoms with Gasteiger partial charge in [-0.25, -0.2) is 21.6 Å². The molecule has 11 heteroatoms. The molecule has 0 radical (unpaired) electrons. The molecule has 2 aromatic carbocycles. The maximum absolute atomic E-state index is 13.0. The van der Waals surface area contributed by atoms with Gasteiger partial charge in [0.15, 0.2) is 0 Å². The Labute approximate surface area is 188 Å². The molecule has 0 aromatic heterocycles. The van der Waals surface area contributed by atoms with Crippen molar-refractivity contribution in [3.8, 4) is 5.75 Å². The first-order valence-corrected chi connectivity index (χ1v) is 13.1. The Hall–Kier alpha value is -2.47. The van der Waals surface area contributed by atoms with Crippen molar-refractivity contribution in [3.05, 3.63) is 54.1 Å². The van der Waals surface area contributed by atoms with E-state index in [1.807, 2.05) is 6.92 Å². The Morgan fingerprint density at radius 3 is 1.91 bits per heavy atom. The third-order valence-electron chi connectivity index (χ3n) is 4.95. The van der Waals surface area contributed by atoms with Crippen molar-refractivity contribution >= 4 is 26.0 Å². The van der Waals surface area contributed by atoms with Crippen molar-refractivity contribution in [2.24, 2.45) is 0 Å². The van der Waals surface area contributed by atoms with Crippen LogP contribution in [-0.4, -0.2) is 70.8 Å². The van der Waals surface area contributed by atoms with E-state index in [-0.39, 0.29) is 48.1 Å².